The number of benzene rings is 4. The summed E-state index contributed by atoms with van der Waals surface area (Å²) in [5.41, 5.74) is 6.14. The van der Waals surface area contributed by atoms with Gasteiger partial charge in [-0.1, -0.05) is 60.2 Å². The first kappa shape index (κ1) is 20.8. The van der Waals surface area contributed by atoms with Crippen molar-refractivity contribution >= 4 is 38.8 Å². The Hall–Kier alpha value is -3.44. The molecule has 0 unspecified atom stereocenters. The molecular weight excluding hydrogens is 452 g/mol. The van der Waals surface area contributed by atoms with Crippen LogP contribution in [0.15, 0.2) is 94.5 Å². The molecular formula is C26H21BrN2O2. The summed E-state index contributed by atoms with van der Waals surface area (Å²) in [4.78, 5) is 12.2. The maximum Gasteiger partial charge on any atom is 0.271 e. The van der Waals surface area contributed by atoms with Crippen LogP contribution in [0.1, 0.15) is 27.0 Å². The van der Waals surface area contributed by atoms with Crippen LogP contribution in [0.4, 0.5) is 0 Å². The second-order valence-corrected chi connectivity index (χ2v) is 8.04. The van der Waals surface area contributed by atoms with Crippen LogP contribution in [0.25, 0.3) is 10.8 Å². The van der Waals surface area contributed by atoms with Crippen molar-refractivity contribution in [2.45, 2.75) is 13.5 Å². The SMILES string of the molecule is Cc1cccc(C(=O)N/N=C\c2ccc(OCc3cccc4ccccc34)c(Br)c2)c1. The van der Waals surface area contributed by atoms with E-state index in [1.54, 1.807) is 12.3 Å². The molecule has 0 heterocycles. The fourth-order valence-electron chi connectivity index (χ4n) is 3.30. The van der Waals surface area contributed by atoms with Crippen LogP contribution >= 0.6 is 15.9 Å². The Morgan fingerprint density at radius 2 is 1.81 bits per heavy atom. The van der Waals surface area contributed by atoms with E-state index in [9.17, 15) is 4.79 Å². The van der Waals surface area contributed by atoms with Gasteiger partial charge in [0.25, 0.3) is 5.91 Å². The number of nitrogens with one attached hydrogen (secondary N) is 1. The zero-order valence-corrected chi connectivity index (χ0v) is 18.6. The summed E-state index contributed by atoms with van der Waals surface area (Å²) in [6.07, 6.45) is 1.60. The van der Waals surface area contributed by atoms with E-state index in [0.29, 0.717) is 12.2 Å². The molecule has 0 bridgehead atoms. The van der Waals surface area contributed by atoms with E-state index in [1.807, 2.05) is 61.5 Å². The predicted octanol–water partition coefficient (Wildman–Crippen LogP) is 6.25. The fraction of sp³-hybridized carbons (Fsp3) is 0.0769. The number of hydrogen-bond acceptors (Lipinski definition) is 3. The van der Waals surface area contributed by atoms with Crippen LogP contribution in [0.2, 0.25) is 0 Å². The van der Waals surface area contributed by atoms with Gasteiger partial charge in [0.1, 0.15) is 12.4 Å². The minimum absolute atomic E-state index is 0.242. The van der Waals surface area contributed by atoms with Crippen molar-refractivity contribution in [3.63, 3.8) is 0 Å². The standard InChI is InChI=1S/C26H21BrN2O2/c1-18-6-4-9-21(14-18)26(30)29-28-16-19-12-13-25(24(27)15-19)31-17-22-10-5-8-20-7-2-3-11-23(20)22/h2-16H,17H2,1H3,(H,29,30)/b28-16-. The van der Waals surface area contributed by atoms with E-state index < -0.39 is 0 Å². The number of halogens is 1. The number of amides is 1. The van der Waals surface area contributed by atoms with Gasteiger partial charge in [0.2, 0.25) is 0 Å². The second-order valence-electron chi connectivity index (χ2n) is 7.19. The van der Waals surface area contributed by atoms with Crippen LogP contribution in [0.5, 0.6) is 5.75 Å². The Bertz CT molecular complexity index is 1260. The summed E-state index contributed by atoms with van der Waals surface area (Å²) in [6.45, 7) is 2.42. The van der Waals surface area contributed by atoms with E-state index in [0.717, 1.165) is 26.9 Å². The van der Waals surface area contributed by atoms with Gasteiger partial charge < -0.3 is 4.74 Å². The summed E-state index contributed by atoms with van der Waals surface area (Å²) in [7, 11) is 0. The molecule has 0 atom stereocenters. The zero-order valence-electron chi connectivity index (χ0n) is 17.0. The maximum absolute atomic E-state index is 12.2. The number of ether oxygens (including phenoxy) is 1. The lowest BCUT2D eigenvalue weighted by molar-refractivity contribution is 0.0955. The Morgan fingerprint density at radius 1 is 1.00 bits per heavy atom. The lowest BCUT2D eigenvalue weighted by Gasteiger charge is -2.11. The lowest BCUT2D eigenvalue weighted by Crippen LogP contribution is -2.17. The van der Waals surface area contributed by atoms with E-state index in [-0.39, 0.29) is 5.91 Å². The number of fused-ring (bicyclic) bond motifs is 1. The van der Waals surface area contributed by atoms with Crippen LogP contribution in [-0.4, -0.2) is 12.1 Å². The van der Waals surface area contributed by atoms with Crippen molar-refractivity contribution in [3.05, 3.63) is 112 Å². The molecule has 1 N–H and O–H groups in total. The summed E-state index contributed by atoms with van der Waals surface area (Å²) >= 11 is 3.56. The molecule has 4 aromatic rings. The minimum atomic E-state index is -0.242. The van der Waals surface area contributed by atoms with Crippen molar-refractivity contribution in [1.29, 1.82) is 0 Å². The number of rotatable bonds is 6. The molecule has 0 radical (unpaired) electrons. The molecule has 4 aromatic carbocycles. The summed E-state index contributed by atoms with van der Waals surface area (Å²) in [5, 5.41) is 6.45. The monoisotopic (exact) mass is 472 g/mol. The molecule has 0 spiro atoms. The first-order valence-electron chi connectivity index (χ1n) is 9.89. The maximum atomic E-state index is 12.2. The van der Waals surface area contributed by atoms with Crippen LogP contribution in [0.3, 0.4) is 0 Å². The predicted molar refractivity (Wildman–Crippen MR) is 129 cm³/mol. The number of carbonyl (C=O) groups is 1. The molecule has 0 saturated heterocycles. The molecule has 154 valence electrons. The van der Waals surface area contributed by atoms with Crippen LogP contribution < -0.4 is 10.2 Å². The largest absolute Gasteiger partial charge is 0.488 e. The topological polar surface area (TPSA) is 50.7 Å². The molecule has 4 nitrogen and oxygen atoms in total. The first-order chi connectivity index (χ1) is 15.1. The fourth-order valence-corrected chi connectivity index (χ4v) is 3.82. The Morgan fingerprint density at radius 3 is 2.65 bits per heavy atom. The first-order valence-corrected chi connectivity index (χ1v) is 10.7. The van der Waals surface area contributed by atoms with Crippen LogP contribution in [-0.2, 0) is 6.61 Å². The smallest absolute Gasteiger partial charge is 0.271 e. The molecule has 0 aliphatic heterocycles. The van der Waals surface area contributed by atoms with Crippen molar-refractivity contribution in [2.75, 3.05) is 0 Å². The average molecular weight is 473 g/mol. The normalized spacial score (nSPS) is 11.0. The lowest BCUT2D eigenvalue weighted by atomic mass is 10.1. The Kier molecular flexibility index (Phi) is 6.43. The zero-order chi connectivity index (χ0) is 21.6. The van der Waals surface area contributed by atoms with Gasteiger partial charge in [0.05, 0.1) is 10.7 Å². The third kappa shape index (κ3) is 5.19. The van der Waals surface area contributed by atoms with Crippen molar-refractivity contribution in [1.82, 2.24) is 5.43 Å². The number of hydrogen-bond donors (Lipinski definition) is 1. The number of aryl methyl sites for hydroxylation is 1. The molecule has 0 aromatic heterocycles. The van der Waals surface area contributed by atoms with Gasteiger partial charge in [-0.15, -0.1) is 0 Å². The molecule has 4 rings (SSSR count). The van der Waals surface area contributed by atoms with E-state index >= 15 is 0 Å². The summed E-state index contributed by atoms with van der Waals surface area (Å²) < 4.78 is 6.86. The Balaban J connectivity index is 1.40. The van der Waals surface area contributed by atoms with Gasteiger partial charge in [-0.3, -0.25) is 4.79 Å². The highest BCUT2D eigenvalue weighted by Crippen LogP contribution is 2.27. The van der Waals surface area contributed by atoms with Gasteiger partial charge in [-0.2, -0.15) is 5.10 Å². The van der Waals surface area contributed by atoms with Gasteiger partial charge in [-0.25, -0.2) is 5.43 Å². The number of hydrazone groups is 1. The third-order valence-electron chi connectivity index (χ3n) is 4.88. The minimum Gasteiger partial charge on any atom is -0.488 e. The van der Waals surface area contributed by atoms with Gasteiger partial charge in [-0.05, 0) is 75.1 Å². The molecule has 31 heavy (non-hydrogen) atoms. The summed E-state index contributed by atoms with van der Waals surface area (Å²) in [5.74, 6) is 0.503. The van der Waals surface area contributed by atoms with E-state index in [2.05, 4.69) is 50.7 Å². The van der Waals surface area contributed by atoms with Crippen molar-refractivity contribution in [2.24, 2.45) is 5.10 Å². The van der Waals surface area contributed by atoms with Crippen molar-refractivity contribution in [3.8, 4) is 5.75 Å². The second kappa shape index (κ2) is 9.58. The molecule has 0 aliphatic carbocycles. The third-order valence-corrected chi connectivity index (χ3v) is 5.50. The van der Waals surface area contributed by atoms with Gasteiger partial charge >= 0.3 is 0 Å². The quantitative estimate of drug-likeness (QED) is 0.266. The van der Waals surface area contributed by atoms with Gasteiger partial charge in [0, 0.05) is 5.56 Å². The molecule has 0 fully saturated rings. The number of carbonyl (C=O) groups excluding carboxylic acids is 1. The number of nitrogens with zero attached hydrogens (tertiary/aromatic N) is 1. The molecule has 0 aliphatic rings. The molecule has 0 saturated carbocycles. The van der Waals surface area contributed by atoms with Gasteiger partial charge in [0.15, 0.2) is 0 Å². The van der Waals surface area contributed by atoms with Crippen molar-refractivity contribution < 1.29 is 9.53 Å². The van der Waals surface area contributed by atoms with E-state index in [4.69, 9.17) is 4.74 Å². The van der Waals surface area contributed by atoms with Crippen LogP contribution in [0, 0.1) is 6.92 Å². The average Bonchev–Trinajstić information content (AvgIpc) is 2.78. The Labute approximate surface area is 189 Å². The summed E-state index contributed by atoms with van der Waals surface area (Å²) in [6, 6.07) is 27.6. The molecule has 5 heteroatoms. The van der Waals surface area contributed by atoms with E-state index in [1.165, 1.54) is 10.8 Å². The molecule has 1 amide bonds. The highest BCUT2D eigenvalue weighted by Gasteiger charge is 2.06. The highest BCUT2D eigenvalue weighted by atomic mass is 79.9. The highest BCUT2D eigenvalue weighted by molar-refractivity contribution is 9.10.